The van der Waals surface area contributed by atoms with Crippen LogP contribution in [-0.2, 0) is 11.3 Å². The number of hydrogen-bond donors (Lipinski definition) is 2. The number of nitrogens with zero attached hydrogens (tertiary/aromatic N) is 3. The van der Waals surface area contributed by atoms with Crippen molar-refractivity contribution in [3.05, 3.63) is 67.9 Å². The Morgan fingerprint density at radius 1 is 1.00 bits per heavy atom. The Balaban J connectivity index is 1.73. The van der Waals surface area contributed by atoms with Gasteiger partial charge in [0.2, 0.25) is 5.91 Å². The van der Waals surface area contributed by atoms with E-state index >= 15 is 0 Å². The molecule has 0 saturated carbocycles. The summed E-state index contributed by atoms with van der Waals surface area (Å²) in [4.78, 5) is 25.4. The van der Waals surface area contributed by atoms with Crippen LogP contribution in [0.2, 0.25) is 20.1 Å². The third-order valence-electron chi connectivity index (χ3n) is 5.01. The predicted octanol–water partition coefficient (Wildman–Crippen LogP) is 6.77. The zero-order valence-corrected chi connectivity index (χ0v) is 23.0. The molecule has 186 valence electrons. The Kier molecular flexibility index (Phi) is 9.72. The summed E-state index contributed by atoms with van der Waals surface area (Å²) in [5.74, 6) is 0.127. The maximum Gasteiger partial charge on any atom is 0.251 e. The van der Waals surface area contributed by atoms with Crippen LogP contribution in [0.5, 0.6) is 0 Å². The highest BCUT2D eigenvalue weighted by Crippen LogP contribution is 2.28. The number of thioether (sulfide) groups is 1. The van der Waals surface area contributed by atoms with E-state index in [1.54, 1.807) is 30.3 Å². The van der Waals surface area contributed by atoms with Crippen LogP contribution < -0.4 is 10.6 Å². The largest absolute Gasteiger partial charge is 0.342 e. The molecule has 2 aromatic carbocycles. The zero-order chi connectivity index (χ0) is 25.7. The van der Waals surface area contributed by atoms with Crippen LogP contribution >= 0.6 is 58.2 Å². The van der Waals surface area contributed by atoms with Crippen LogP contribution in [-0.4, -0.2) is 32.3 Å². The number of rotatable bonds is 9. The highest BCUT2D eigenvalue weighted by Gasteiger charge is 2.26. The highest BCUT2D eigenvalue weighted by atomic mass is 35.5. The van der Waals surface area contributed by atoms with E-state index < -0.39 is 6.04 Å². The van der Waals surface area contributed by atoms with Gasteiger partial charge in [-0.3, -0.25) is 9.59 Å². The summed E-state index contributed by atoms with van der Waals surface area (Å²) in [5.41, 5.74) is 0.825. The molecule has 0 aliphatic heterocycles. The molecule has 0 spiro atoms. The van der Waals surface area contributed by atoms with Gasteiger partial charge in [-0.15, -0.1) is 10.2 Å². The van der Waals surface area contributed by atoms with Crippen molar-refractivity contribution in [2.45, 2.75) is 38.5 Å². The summed E-state index contributed by atoms with van der Waals surface area (Å²) in [6.45, 7) is 6.45. The van der Waals surface area contributed by atoms with Crippen LogP contribution in [0.4, 0.5) is 5.69 Å². The van der Waals surface area contributed by atoms with Gasteiger partial charge < -0.3 is 15.2 Å². The van der Waals surface area contributed by atoms with E-state index in [0.717, 1.165) is 0 Å². The molecule has 0 bridgehead atoms. The number of halogens is 4. The van der Waals surface area contributed by atoms with Crippen LogP contribution in [0.15, 0.2) is 41.6 Å². The van der Waals surface area contributed by atoms with Crippen molar-refractivity contribution < 1.29 is 9.59 Å². The van der Waals surface area contributed by atoms with Crippen molar-refractivity contribution in [3.63, 3.8) is 0 Å². The molecule has 2 N–H and O–H groups in total. The number of benzene rings is 2. The van der Waals surface area contributed by atoms with Gasteiger partial charge in [-0.1, -0.05) is 72.0 Å². The van der Waals surface area contributed by atoms with Gasteiger partial charge in [0.25, 0.3) is 5.91 Å². The minimum Gasteiger partial charge on any atom is -0.342 e. The Hall–Kier alpha value is -1.97. The fraction of sp³-hybridized carbons (Fsp3) is 0.304. The van der Waals surface area contributed by atoms with Crippen LogP contribution in [0, 0.1) is 5.92 Å². The van der Waals surface area contributed by atoms with E-state index in [0.29, 0.717) is 48.9 Å². The first kappa shape index (κ1) is 27.6. The Morgan fingerprint density at radius 2 is 1.71 bits per heavy atom. The maximum atomic E-state index is 12.9. The normalized spacial score (nSPS) is 12.0. The summed E-state index contributed by atoms with van der Waals surface area (Å²) in [5, 5.41) is 16.5. The number of carbonyl (C=O) groups is 2. The first-order valence-electron chi connectivity index (χ1n) is 10.7. The molecule has 0 fully saturated rings. The second-order valence-electron chi connectivity index (χ2n) is 7.87. The smallest absolute Gasteiger partial charge is 0.251 e. The lowest BCUT2D eigenvalue weighted by molar-refractivity contribution is -0.113. The summed E-state index contributed by atoms with van der Waals surface area (Å²) >= 11 is 25.4. The van der Waals surface area contributed by atoms with Crippen molar-refractivity contribution in [1.82, 2.24) is 20.1 Å². The van der Waals surface area contributed by atoms with Crippen LogP contribution in [0.25, 0.3) is 0 Å². The number of hydrogen-bond acceptors (Lipinski definition) is 5. The number of aromatic nitrogens is 3. The molecule has 35 heavy (non-hydrogen) atoms. The van der Waals surface area contributed by atoms with Gasteiger partial charge in [-0.05, 0) is 49.2 Å². The van der Waals surface area contributed by atoms with Crippen molar-refractivity contribution in [2.24, 2.45) is 5.92 Å². The molecule has 12 heteroatoms. The third-order valence-corrected chi connectivity index (χ3v) is 7.28. The molecule has 3 aromatic rings. The van der Waals surface area contributed by atoms with Gasteiger partial charge in [-0.25, -0.2) is 0 Å². The molecule has 1 heterocycles. The Labute approximate surface area is 227 Å². The fourth-order valence-corrected chi connectivity index (χ4v) is 4.68. The Bertz CT molecular complexity index is 1230. The van der Waals surface area contributed by atoms with E-state index in [9.17, 15) is 9.59 Å². The molecule has 2 amide bonds. The summed E-state index contributed by atoms with van der Waals surface area (Å²) in [6, 6.07) is 9.13. The van der Waals surface area contributed by atoms with E-state index in [1.165, 1.54) is 17.8 Å². The van der Waals surface area contributed by atoms with E-state index in [2.05, 4.69) is 20.8 Å². The van der Waals surface area contributed by atoms with Crippen molar-refractivity contribution >= 4 is 75.7 Å². The van der Waals surface area contributed by atoms with E-state index in [1.807, 2.05) is 25.3 Å². The van der Waals surface area contributed by atoms with Crippen molar-refractivity contribution in [2.75, 3.05) is 11.1 Å². The molecular weight excluding hydrogens is 552 g/mol. The monoisotopic (exact) mass is 573 g/mol. The fourth-order valence-electron chi connectivity index (χ4n) is 3.24. The lowest BCUT2D eigenvalue weighted by atomic mass is 10.0. The van der Waals surface area contributed by atoms with Gasteiger partial charge >= 0.3 is 0 Å². The molecule has 1 atom stereocenters. The van der Waals surface area contributed by atoms with Gasteiger partial charge in [0.05, 0.1) is 32.5 Å². The summed E-state index contributed by atoms with van der Waals surface area (Å²) < 4.78 is 1.88. The number of carbonyl (C=O) groups excluding carboxylic acids is 2. The minimum absolute atomic E-state index is 0.0161. The number of anilines is 1. The SMILES string of the molecule is CCn1c(SCC(=O)Nc2cc(Cl)ccc2Cl)nnc1[C@@H](NC(=O)c1ccc(Cl)c(Cl)c1)C(C)C. The van der Waals surface area contributed by atoms with Crippen LogP contribution in [0.1, 0.15) is 43.0 Å². The molecule has 0 aliphatic rings. The average molecular weight is 575 g/mol. The molecule has 0 radical (unpaired) electrons. The predicted molar refractivity (Wildman–Crippen MR) is 143 cm³/mol. The molecule has 3 rings (SSSR count). The quantitative estimate of drug-likeness (QED) is 0.275. The Morgan fingerprint density at radius 3 is 2.37 bits per heavy atom. The van der Waals surface area contributed by atoms with Gasteiger partial charge in [0.1, 0.15) is 0 Å². The minimum atomic E-state index is -0.419. The third kappa shape index (κ3) is 7.05. The molecule has 0 aliphatic carbocycles. The lowest BCUT2D eigenvalue weighted by Gasteiger charge is -2.22. The van der Waals surface area contributed by atoms with Gasteiger partial charge in [-0.2, -0.15) is 0 Å². The summed E-state index contributed by atoms with van der Waals surface area (Å²) in [6.07, 6.45) is 0. The average Bonchev–Trinajstić information content (AvgIpc) is 3.22. The summed E-state index contributed by atoms with van der Waals surface area (Å²) in [7, 11) is 0. The molecular formula is C23H23Cl4N5O2S. The topological polar surface area (TPSA) is 88.9 Å². The second-order valence-corrected chi connectivity index (χ2v) is 10.5. The van der Waals surface area contributed by atoms with Crippen molar-refractivity contribution in [3.8, 4) is 0 Å². The first-order valence-corrected chi connectivity index (χ1v) is 13.2. The van der Waals surface area contributed by atoms with Crippen LogP contribution in [0.3, 0.4) is 0 Å². The van der Waals surface area contributed by atoms with Gasteiger partial charge in [0.15, 0.2) is 11.0 Å². The second kappa shape index (κ2) is 12.3. The first-order chi connectivity index (χ1) is 16.6. The van der Waals surface area contributed by atoms with E-state index in [-0.39, 0.29) is 23.5 Å². The molecule has 1 aromatic heterocycles. The maximum absolute atomic E-state index is 12.9. The molecule has 7 nitrogen and oxygen atoms in total. The lowest BCUT2D eigenvalue weighted by Crippen LogP contribution is -2.33. The number of amides is 2. The standard InChI is InChI=1S/C23H23Cl4N5O2S/c1-4-32-21(20(12(2)3)29-22(34)13-5-7-15(25)17(27)9-13)30-31-23(32)35-11-19(33)28-18-10-14(24)6-8-16(18)26/h5-10,12,20H,4,11H2,1-3H3,(H,28,33)(H,29,34)/t20-/m0/s1. The number of nitrogens with one attached hydrogen (secondary N) is 2. The molecule has 0 saturated heterocycles. The van der Waals surface area contributed by atoms with Gasteiger partial charge in [0, 0.05) is 17.1 Å². The van der Waals surface area contributed by atoms with Crippen molar-refractivity contribution in [1.29, 1.82) is 0 Å². The molecule has 0 unspecified atom stereocenters. The highest BCUT2D eigenvalue weighted by molar-refractivity contribution is 7.99. The zero-order valence-electron chi connectivity index (χ0n) is 19.1. The van der Waals surface area contributed by atoms with E-state index in [4.69, 9.17) is 46.4 Å².